The van der Waals surface area contributed by atoms with E-state index >= 15 is 0 Å². The number of alkyl halides is 2. The lowest BCUT2D eigenvalue weighted by atomic mass is 9.75. The minimum Gasteiger partial charge on any atom is -0.347 e. The van der Waals surface area contributed by atoms with Crippen molar-refractivity contribution in [1.29, 1.82) is 0 Å². The van der Waals surface area contributed by atoms with Crippen molar-refractivity contribution in [3.05, 3.63) is 34.9 Å². The quantitative estimate of drug-likeness (QED) is 0.548. The first-order valence-corrected chi connectivity index (χ1v) is 12.0. The molecule has 4 amide bonds. The zero-order chi connectivity index (χ0) is 25.5. The van der Waals surface area contributed by atoms with Gasteiger partial charge in [-0.1, -0.05) is 32.9 Å². The van der Waals surface area contributed by atoms with Gasteiger partial charge in [0.15, 0.2) is 0 Å². The molecule has 0 aliphatic carbocycles. The number of nitrogens with zero attached hydrogens (tertiary/aromatic N) is 1. The lowest BCUT2D eigenvalue weighted by molar-refractivity contribution is -0.152. The Balaban J connectivity index is 1.35. The number of piperidine rings is 2. The van der Waals surface area contributed by atoms with Crippen molar-refractivity contribution in [3.63, 3.8) is 0 Å². The molecule has 3 aliphatic rings. The van der Waals surface area contributed by atoms with Gasteiger partial charge in [-0.25, -0.2) is 0 Å². The van der Waals surface area contributed by atoms with Crippen LogP contribution in [0.2, 0.25) is 0 Å². The summed E-state index contributed by atoms with van der Waals surface area (Å²) in [5.74, 6) is -5.77. The Hall–Kier alpha value is -2.88. The number of amides is 4. The third-order valence-electron chi connectivity index (χ3n) is 7.42. The van der Waals surface area contributed by atoms with Gasteiger partial charge in [0.2, 0.25) is 11.8 Å². The average Bonchev–Trinajstić information content (AvgIpc) is 3.12. The number of carbonyl (C=O) groups excluding carboxylic acids is 4. The molecule has 3 atom stereocenters. The van der Waals surface area contributed by atoms with Crippen LogP contribution in [0.5, 0.6) is 0 Å². The molecule has 3 aliphatic heterocycles. The van der Waals surface area contributed by atoms with Crippen molar-refractivity contribution in [2.45, 2.75) is 77.6 Å². The van der Waals surface area contributed by atoms with Gasteiger partial charge in [0.05, 0.1) is 6.04 Å². The molecular weight excluding hydrogens is 458 g/mol. The van der Waals surface area contributed by atoms with Gasteiger partial charge in [-0.2, -0.15) is 8.78 Å². The molecule has 3 unspecified atom stereocenters. The second-order valence-electron chi connectivity index (χ2n) is 10.8. The molecule has 3 heterocycles. The van der Waals surface area contributed by atoms with Gasteiger partial charge in [0.25, 0.3) is 11.8 Å². The molecule has 0 saturated carbocycles. The number of imide groups is 1. The number of halogens is 2. The first kappa shape index (κ1) is 25.2. The summed E-state index contributed by atoms with van der Waals surface area (Å²) in [7, 11) is 0. The van der Waals surface area contributed by atoms with Crippen LogP contribution in [0.3, 0.4) is 0 Å². The fourth-order valence-corrected chi connectivity index (χ4v) is 5.10. The predicted molar refractivity (Wildman–Crippen MR) is 123 cm³/mol. The van der Waals surface area contributed by atoms with Crippen LogP contribution < -0.4 is 16.0 Å². The van der Waals surface area contributed by atoms with Crippen molar-refractivity contribution in [2.24, 2.45) is 11.3 Å². The molecule has 2 saturated heterocycles. The van der Waals surface area contributed by atoms with E-state index in [1.165, 1.54) is 4.90 Å². The number of rotatable bonds is 5. The van der Waals surface area contributed by atoms with Crippen LogP contribution in [0.1, 0.15) is 67.9 Å². The Morgan fingerprint density at radius 2 is 1.89 bits per heavy atom. The van der Waals surface area contributed by atoms with Gasteiger partial charge in [-0.05, 0) is 54.3 Å². The molecule has 3 N–H and O–H groups in total. The zero-order valence-electron chi connectivity index (χ0n) is 20.2. The predicted octanol–water partition coefficient (Wildman–Crippen LogP) is 2.11. The maximum Gasteiger partial charge on any atom is 0.339 e. The Morgan fingerprint density at radius 3 is 2.51 bits per heavy atom. The van der Waals surface area contributed by atoms with Gasteiger partial charge in [-0.3, -0.25) is 24.5 Å². The van der Waals surface area contributed by atoms with Gasteiger partial charge >= 0.3 is 5.92 Å². The maximum absolute atomic E-state index is 14.8. The minimum atomic E-state index is -3.54. The van der Waals surface area contributed by atoms with E-state index in [2.05, 4.69) is 36.7 Å². The van der Waals surface area contributed by atoms with Crippen LogP contribution in [0.25, 0.3) is 0 Å². The van der Waals surface area contributed by atoms with Crippen molar-refractivity contribution in [3.8, 4) is 0 Å². The van der Waals surface area contributed by atoms with E-state index in [0.29, 0.717) is 29.7 Å². The van der Waals surface area contributed by atoms with Crippen LogP contribution in [0, 0.1) is 11.3 Å². The Kier molecular flexibility index (Phi) is 6.70. The average molecular weight is 491 g/mol. The molecule has 0 radical (unpaired) electrons. The van der Waals surface area contributed by atoms with E-state index in [0.717, 1.165) is 0 Å². The smallest absolute Gasteiger partial charge is 0.339 e. The molecule has 0 aromatic heterocycles. The molecule has 190 valence electrons. The number of benzene rings is 1. The van der Waals surface area contributed by atoms with E-state index in [9.17, 15) is 28.0 Å². The van der Waals surface area contributed by atoms with Gasteiger partial charge < -0.3 is 15.5 Å². The Labute approximate surface area is 203 Å². The van der Waals surface area contributed by atoms with Crippen LogP contribution in [-0.4, -0.2) is 53.1 Å². The highest BCUT2D eigenvalue weighted by Gasteiger charge is 2.49. The van der Waals surface area contributed by atoms with Crippen LogP contribution in [0.4, 0.5) is 8.78 Å². The van der Waals surface area contributed by atoms with Crippen molar-refractivity contribution >= 4 is 23.6 Å². The van der Waals surface area contributed by atoms with Crippen LogP contribution >= 0.6 is 0 Å². The summed E-state index contributed by atoms with van der Waals surface area (Å²) in [4.78, 5) is 50.2. The van der Waals surface area contributed by atoms with Crippen molar-refractivity contribution in [2.75, 3.05) is 6.54 Å². The van der Waals surface area contributed by atoms with Crippen molar-refractivity contribution in [1.82, 2.24) is 20.9 Å². The number of hydrogen-bond donors (Lipinski definition) is 3. The standard InChI is InChI=1S/C25H32F2N4O4/c1-24(2,3)16-5-8-19(28-12-16)25(26,27)23(35)29-11-14-4-6-17-15(10-14)13-31(22(17)34)18-7-9-20(32)30-21(18)33/h4,6,10,16,18-19,28H,5,7-9,11-13H2,1-3H3,(H,29,35)(H,30,32,33). The molecule has 1 aromatic rings. The second kappa shape index (κ2) is 9.29. The summed E-state index contributed by atoms with van der Waals surface area (Å²) in [6.07, 6.45) is 1.27. The summed E-state index contributed by atoms with van der Waals surface area (Å²) in [6.45, 7) is 6.76. The molecular formula is C25H32F2N4O4. The van der Waals surface area contributed by atoms with E-state index in [1.54, 1.807) is 18.2 Å². The van der Waals surface area contributed by atoms with E-state index in [1.807, 2.05) is 0 Å². The number of carbonyl (C=O) groups is 4. The SMILES string of the molecule is CC(C)(C)C1CCC(C(F)(F)C(=O)NCc2ccc3c(c2)CN(C2CCC(=O)NC2=O)C3=O)NC1. The van der Waals surface area contributed by atoms with Gasteiger partial charge in [0, 0.05) is 25.1 Å². The Morgan fingerprint density at radius 1 is 1.14 bits per heavy atom. The molecule has 0 bridgehead atoms. The zero-order valence-corrected chi connectivity index (χ0v) is 20.2. The summed E-state index contributed by atoms with van der Waals surface area (Å²) < 4.78 is 29.7. The monoisotopic (exact) mass is 490 g/mol. The number of fused-ring (bicyclic) bond motifs is 1. The normalized spacial score (nSPS) is 25.3. The lowest BCUT2D eigenvalue weighted by Gasteiger charge is -2.39. The van der Waals surface area contributed by atoms with Crippen molar-refractivity contribution < 1.29 is 28.0 Å². The molecule has 10 heteroatoms. The first-order chi connectivity index (χ1) is 16.4. The lowest BCUT2D eigenvalue weighted by Crippen LogP contribution is -2.57. The van der Waals surface area contributed by atoms with E-state index in [-0.39, 0.29) is 55.5 Å². The van der Waals surface area contributed by atoms with Gasteiger partial charge in [0.1, 0.15) is 6.04 Å². The third-order valence-corrected chi connectivity index (χ3v) is 7.42. The topological polar surface area (TPSA) is 108 Å². The molecule has 2 fully saturated rings. The molecule has 35 heavy (non-hydrogen) atoms. The Bertz CT molecular complexity index is 1040. The molecule has 8 nitrogen and oxygen atoms in total. The molecule has 4 rings (SSSR count). The highest BCUT2D eigenvalue weighted by Crippen LogP contribution is 2.35. The summed E-state index contributed by atoms with van der Waals surface area (Å²) in [5, 5.41) is 7.46. The van der Waals surface area contributed by atoms with Gasteiger partial charge in [-0.15, -0.1) is 0 Å². The second-order valence-corrected chi connectivity index (χ2v) is 10.8. The highest BCUT2D eigenvalue weighted by molar-refractivity contribution is 6.05. The maximum atomic E-state index is 14.8. The summed E-state index contributed by atoms with van der Waals surface area (Å²) >= 11 is 0. The molecule has 1 aromatic carbocycles. The van der Waals surface area contributed by atoms with E-state index in [4.69, 9.17) is 0 Å². The summed E-state index contributed by atoms with van der Waals surface area (Å²) in [6, 6.07) is 2.94. The summed E-state index contributed by atoms with van der Waals surface area (Å²) in [5.41, 5.74) is 1.67. The third kappa shape index (κ3) is 5.07. The highest BCUT2D eigenvalue weighted by atomic mass is 19.3. The van der Waals surface area contributed by atoms with E-state index < -0.39 is 29.8 Å². The largest absolute Gasteiger partial charge is 0.347 e. The molecule has 0 spiro atoms. The minimum absolute atomic E-state index is 0.0122. The number of hydrogen-bond acceptors (Lipinski definition) is 5. The fourth-order valence-electron chi connectivity index (χ4n) is 5.10. The fraction of sp³-hybridized carbons (Fsp3) is 0.600. The van der Waals surface area contributed by atoms with Crippen LogP contribution in [0.15, 0.2) is 18.2 Å². The number of nitrogens with one attached hydrogen (secondary N) is 3. The van der Waals surface area contributed by atoms with Crippen LogP contribution in [-0.2, 0) is 27.5 Å². The first-order valence-electron chi connectivity index (χ1n) is 12.0.